The number of hydrogen-bond donors (Lipinski definition) is 0. The summed E-state index contributed by atoms with van der Waals surface area (Å²) < 4.78 is 29.4. The maximum atomic E-state index is 14.3. The van der Waals surface area contributed by atoms with Crippen LogP contribution in [-0.4, -0.2) is 30.7 Å². The molecule has 2 rings (SSSR count). The van der Waals surface area contributed by atoms with E-state index in [4.69, 9.17) is 25.8 Å². The molecule has 2 amide bonds. The van der Waals surface area contributed by atoms with Crippen molar-refractivity contribution in [2.45, 2.75) is 33.8 Å². The number of nitrogens with zero attached hydrogens (tertiary/aromatic N) is 1. The lowest BCUT2D eigenvalue weighted by atomic mass is 10.2. The Balaban J connectivity index is 2.39. The smallest absolute Gasteiger partial charge is 0.427 e. The third kappa shape index (κ3) is 3.80. The molecule has 1 fully saturated rings. The maximum absolute atomic E-state index is 14.3. The highest BCUT2D eigenvalue weighted by molar-refractivity contribution is 6.32. The van der Waals surface area contributed by atoms with Gasteiger partial charge in [0.2, 0.25) is 0 Å². The van der Waals surface area contributed by atoms with Crippen LogP contribution >= 0.6 is 11.6 Å². The number of carbonyl (C=O) groups is 3. The van der Waals surface area contributed by atoms with Crippen LogP contribution in [0.4, 0.5) is 14.9 Å². The van der Waals surface area contributed by atoms with E-state index in [9.17, 15) is 18.8 Å². The second-order valence-electron chi connectivity index (χ2n) is 5.58. The molecule has 0 N–H and O–H groups in total. The molecule has 7 nitrogen and oxygen atoms in total. The van der Waals surface area contributed by atoms with Gasteiger partial charge in [-0.1, -0.05) is 11.6 Å². The van der Waals surface area contributed by atoms with Crippen molar-refractivity contribution in [3.63, 3.8) is 0 Å². The van der Waals surface area contributed by atoms with Gasteiger partial charge in [0.25, 0.3) is 0 Å². The van der Waals surface area contributed by atoms with Crippen molar-refractivity contribution >= 4 is 35.3 Å². The minimum absolute atomic E-state index is 0.0881. The van der Waals surface area contributed by atoms with Crippen molar-refractivity contribution < 1.29 is 33.0 Å². The fourth-order valence-corrected chi connectivity index (χ4v) is 2.36. The molecule has 9 heteroatoms. The molecule has 1 aliphatic heterocycles. The van der Waals surface area contributed by atoms with E-state index >= 15 is 0 Å². The third-order valence-corrected chi connectivity index (χ3v) is 3.68. The molecular formula is C17H17ClFNO6. The van der Waals surface area contributed by atoms with E-state index < -0.39 is 35.6 Å². The van der Waals surface area contributed by atoms with E-state index in [1.807, 2.05) is 0 Å². The highest BCUT2D eigenvalue weighted by Gasteiger charge is 2.40. The average molecular weight is 386 g/mol. The molecule has 0 saturated carbocycles. The number of hydrogen-bond acceptors (Lipinski definition) is 6. The Hall–Kier alpha value is -2.61. The molecule has 1 atom stereocenters. The van der Waals surface area contributed by atoms with Gasteiger partial charge in [0.1, 0.15) is 11.6 Å². The summed E-state index contributed by atoms with van der Waals surface area (Å²) in [5.41, 5.74) is 0.0688. The number of anilines is 1. The van der Waals surface area contributed by atoms with Gasteiger partial charge in [-0.05, 0) is 39.3 Å². The van der Waals surface area contributed by atoms with E-state index in [1.165, 1.54) is 6.92 Å². The highest BCUT2D eigenvalue weighted by atomic mass is 35.5. The highest BCUT2D eigenvalue weighted by Crippen LogP contribution is 2.36. The number of amides is 2. The van der Waals surface area contributed by atoms with Gasteiger partial charge in [-0.2, -0.15) is 0 Å². The van der Waals surface area contributed by atoms with Crippen molar-refractivity contribution in [1.82, 2.24) is 0 Å². The summed E-state index contributed by atoms with van der Waals surface area (Å²) in [6.07, 6.45) is -2.07. The topological polar surface area (TPSA) is 82.1 Å². The van der Waals surface area contributed by atoms with Crippen LogP contribution in [0.1, 0.15) is 27.7 Å². The van der Waals surface area contributed by atoms with Gasteiger partial charge in [0.15, 0.2) is 11.9 Å². The summed E-state index contributed by atoms with van der Waals surface area (Å²) in [5.74, 6) is -2.63. The Labute approximate surface area is 154 Å². The van der Waals surface area contributed by atoms with Crippen LogP contribution in [0.5, 0.6) is 5.75 Å². The van der Waals surface area contributed by atoms with Crippen LogP contribution in [0.15, 0.2) is 23.5 Å². The molecule has 1 aromatic carbocycles. The Kier molecular flexibility index (Phi) is 5.86. The molecule has 26 heavy (non-hydrogen) atoms. The van der Waals surface area contributed by atoms with Crippen LogP contribution < -0.4 is 9.64 Å². The molecule has 1 saturated heterocycles. The van der Waals surface area contributed by atoms with Gasteiger partial charge < -0.3 is 14.2 Å². The predicted octanol–water partition coefficient (Wildman–Crippen LogP) is 3.59. The van der Waals surface area contributed by atoms with Gasteiger partial charge in [-0.15, -0.1) is 0 Å². The molecule has 0 spiro atoms. The van der Waals surface area contributed by atoms with Gasteiger partial charge in [0.05, 0.1) is 17.3 Å². The fraction of sp³-hybridized carbons (Fsp3) is 0.353. The number of rotatable bonds is 5. The molecule has 1 aliphatic rings. The number of esters is 1. The van der Waals surface area contributed by atoms with Crippen molar-refractivity contribution in [2.75, 3.05) is 11.5 Å². The number of ether oxygens (including phenoxy) is 3. The fourth-order valence-electron chi connectivity index (χ4n) is 2.16. The first kappa shape index (κ1) is 19.7. The Bertz CT molecular complexity index is 803. The van der Waals surface area contributed by atoms with Gasteiger partial charge in [0, 0.05) is 6.07 Å². The molecular weight excluding hydrogens is 369 g/mol. The monoisotopic (exact) mass is 385 g/mol. The Morgan fingerprint density at radius 2 is 2.00 bits per heavy atom. The van der Waals surface area contributed by atoms with Crippen molar-refractivity contribution in [3.05, 3.63) is 34.3 Å². The van der Waals surface area contributed by atoms with E-state index in [1.54, 1.807) is 20.8 Å². The average Bonchev–Trinajstić information content (AvgIpc) is 2.85. The van der Waals surface area contributed by atoms with Crippen LogP contribution in [-0.2, 0) is 19.1 Å². The first-order valence-corrected chi connectivity index (χ1v) is 8.11. The Morgan fingerprint density at radius 1 is 1.35 bits per heavy atom. The number of cyclic esters (lactones) is 1. The SMILES string of the molecule is CCOC(=O)C(C)Oc1cc(N2C(=O)OC(=C(C)C)C2=O)c(F)cc1Cl. The standard InChI is InChI=1S/C17H17ClFNO6/c1-5-24-16(22)9(4)25-13-7-12(11(19)6-10(13)18)20-15(21)14(8(2)3)26-17(20)23/h6-7,9H,5H2,1-4H3. The molecule has 0 aliphatic carbocycles. The lowest BCUT2D eigenvalue weighted by Crippen LogP contribution is -2.30. The number of allylic oxidation sites excluding steroid dienone is 1. The molecule has 1 unspecified atom stereocenters. The lowest BCUT2D eigenvalue weighted by Gasteiger charge is -2.17. The van der Waals surface area contributed by atoms with E-state index in [0.717, 1.165) is 12.1 Å². The molecule has 1 heterocycles. The minimum atomic E-state index is -1.04. The van der Waals surface area contributed by atoms with Crippen LogP contribution in [0, 0.1) is 5.82 Å². The predicted molar refractivity (Wildman–Crippen MR) is 90.5 cm³/mol. The second kappa shape index (κ2) is 7.74. The quantitative estimate of drug-likeness (QED) is 0.569. The summed E-state index contributed by atoms with van der Waals surface area (Å²) >= 11 is 5.94. The number of benzene rings is 1. The van der Waals surface area contributed by atoms with Gasteiger partial charge in [-0.3, -0.25) is 4.79 Å². The van der Waals surface area contributed by atoms with Gasteiger partial charge >= 0.3 is 18.0 Å². The van der Waals surface area contributed by atoms with E-state index in [-0.39, 0.29) is 23.1 Å². The number of halogens is 2. The molecule has 0 aromatic heterocycles. The van der Waals surface area contributed by atoms with Gasteiger partial charge in [-0.25, -0.2) is 18.9 Å². The minimum Gasteiger partial charge on any atom is -0.477 e. The Morgan fingerprint density at radius 3 is 2.54 bits per heavy atom. The van der Waals surface area contributed by atoms with E-state index in [0.29, 0.717) is 10.5 Å². The first-order chi connectivity index (χ1) is 12.2. The van der Waals surface area contributed by atoms with Crippen molar-refractivity contribution in [1.29, 1.82) is 0 Å². The molecule has 1 aromatic rings. The first-order valence-electron chi connectivity index (χ1n) is 7.73. The normalized spacial score (nSPS) is 15.0. The van der Waals surface area contributed by atoms with Crippen molar-refractivity contribution in [3.8, 4) is 5.75 Å². The van der Waals surface area contributed by atoms with Crippen LogP contribution in [0.25, 0.3) is 0 Å². The number of carbonyl (C=O) groups excluding carboxylic acids is 3. The summed E-state index contributed by atoms with van der Waals surface area (Å²) in [5, 5.41) is -0.134. The summed E-state index contributed by atoms with van der Waals surface area (Å²) in [7, 11) is 0. The zero-order valence-electron chi connectivity index (χ0n) is 14.6. The van der Waals surface area contributed by atoms with Crippen LogP contribution in [0.3, 0.4) is 0 Å². The third-order valence-electron chi connectivity index (χ3n) is 3.39. The second-order valence-corrected chi connectivity index (χ2v) is 5.99. The summed E-state index contributed by atoms with van der Waals surface area (Å²) in [4.78, 5) is 36.5. The number of imide groups is 1. The lowest BCUT2D eigenvalue weighted by molar-refractivity contribution is -0.150. The maximum Gasteiger partial charge on any atom is 0.427 e. The van der Waals surface area contributed by atoms with Crippen molar-refractivity contribution in [2.24, 2.45) is 0 Å². The molecule has 140 valence electrons. The molecule has 0 radical (unpaired) electrons. The largest absolute Gasteiger partial charge is 0.477 e. The van der Waals surface area contributed by atoms with Crippen LogP contribution in [0.2, 0.25) is 5.02 Å². The zero-order chi connectivity index (χ0) is 19.6. The summed E-state index contributed by atoms with van der Waals surface area (Å²) in [6, 6.07) is 1.94. The van der Waals surface area contributed by atoms with E-state index in [2.05, 4.69) is 0 Å². The zero-order valence-corrected chi connectivity index (χ0v) is 15.3. The summed E-state index contributed by atoms with van der Waals surface area (Å²) in [6.45, 7) is 6.39. The molecule has 0 bridgehead atoms.